The summed E-state index contributed by atoms with van der Waals surface area (Å²) in [6.07, 6.45) is 3.66. The van der Waals surface area contributed by atoms with Crippen LogP contribution in [0.3, 0.4) is 0 Å². The van der Waals surface area contributed by atoms with Gasteiger partial charge in [-0.2, -0.15) is 0 Å². The number of ether oxygens (including phenoxy) is 1. The van der Waals surface area contributed by atoms with E-state index in [1.807, 2.05) is 14.0 Å². The molecule has 0 spiro atoms. The van der Waals surface area contributed by atoms with Crippen LogP contribution in [0.15, 0.2) is 0 Å². The van der Waals surface area contributed by atoms with Crippen molar-refractivity contribution in [1.29, 1.82) is 0 Å². The Morgan fingerprint density at radius 2 is 2.26 bits per heavy atom. The van der Waals surface area contributed by atoms with Gasteiger partial charge in [-0.05, 0) is 26.3 Å². The molecule has 0 saturated carbocycles. The quantitative estimate of drug-likeness (QED) is 0.655. The standard InChI is InChI=1S/C14H29N3O2/c1-4-16(2)14(18)12-17-9-6-5-7-13(17)11-15-8-10-19-3/h13,15H,4-12H2,1-3H3. The third-order valence-corrected chi connectivity index (χ3v) is 3.85. The van der Waals surface area contributed by atoms with E-state index >= 15 is 0 Å². The van der Waals surface area contributed by atoms with Crippen LogP contribution >= 0.6 is 0 Å². The van der Waals surface area contributed by atoms with Crippen molar-refractivity contribution in [1.82, 2.24) is 15.1 Å². The number of piperidine rings is 1. The fraction of sp³-hybridized carbons (Fsp3) is 0.929. The first kappa shape index (κ1) is 16.4. The first-order chi connectivity index (χ1) is 9.19. The molecular weight excluding hydrogens is 242 g/mol. The molecule has 1 saturated heterocycles. The summed E-state index contributed by atoms with van der Waals surface area (Å²) in [6, 6.07) is 0.486. The second kappa shape index (κ2) is 9.28. The molecule has 1 aliphatic heterocycles. The number of likely N-dealkylation sites (tertiary alicyclic amines) is 1. The number of nitrogens with zero attached hydrogens (tertiary/aromatic N) is 2. The first-order valence-corrected chi connectivity index (χ1v) is 7.36. The average Bonchev–Trinajstić information content (AvgIpc) is 2.44. The van der Waals surface area contributed by atoms with Crippen LogP contribution in [0.1, 0.15) is 26.2 Å². The number of rotatable bonds is 8. The minimum Gasteiger partial charge on any atom is -0.383 e. The van der Waals surface area contributed by atoms with Crippen LogP contribution in [-0.2, 0) is 9.53 Å². The van der Waals surface area contributed by atoms with E-state index < -0.39 is 0 Å². The number of carbonyl (C=O) groups is 1. The molecule has 0 aromatic carbocycles. The van der Waals surface area contributed by atoms with E-state index in [2.05, 4.69) is 10.2 Å². The van der Waals surface area contributed by atoms with Gasteiger partial charge in [0.05, 0.1) is 13.2 Å². The molecule has 0 radical (unpaired) electrons. The second-order valence-electron chi connectivity index (χ2n) is 5.22. The van der Waals surface area contributed by atoms with Gasteiger partial charge in [-0.15, -0.1) is 0 Å². The Kier molecular flexibility index (Phi) is 8.02. The highest BCUT2D eigenvalue weighted by Crippen LogP contribution is 2.16. The maximum atomic E-state index is 12.0. The Bertz CT molecular complexity index is 261. The van der Waals surface area contributed by atoms with E-state index in [1.54, 1.807) is 12.0 Å². The highest BCUT2D eigenvalue weighted by Gasteiger charge is 2.24. The highest BCUT2D eigenvalue weighted by atomic mass is 16.5. The molecule has 1 fully saturated rings. The number of hydrogen-bond acceptors (Lipinski definition) is 4. The fourth-order valence-corrected chi connectivity index (χ4v) is 2.41. The van der Waals surface area contributed by atoms with Crippen molar-refractivity contribution in [3.63, 3.8) is 0 Å². The Morgan fingerprint density at radius 3 is 2.95 bits per heavy atom. The monoisotopic (exact) mass is 271 g/mol. The van der Waals surface area contributed by atoms with Crippen molar-refractivity contribution in [3.8, 4) is 0 Å². The van der Waals surface area contributed by atoms with Gasteiger partial charge in [0.1, 0.15) is 0 Å². The van der Waals surface area contributed by atoms with Crippen LogP contribution in [-0.4, -0.2) is 75.2 Å². The molecule has 0 aliphatic carbocycles. The number of carbonyl (C=O) groups excluding carboxylic acids is 1. The van der Waals surface area contributed by atoms with Crippen molar-refractivity contribution >= 4 is 5.91 Å². The Morgan fingerprint density at radius 1 is 1.47 bits per heavy atom. The molecule has 1 heterocycles. The van der Waals surface area contributed by atoms with Gasteiger partial charge in [-0.3, -0.25) is 9.69 Å². The third-order valence-electron chi connectivity index (χ3n) is 3.85. The average molecular weight is 271 g/mol. The highest BCUT2D eigenvalue weighted by molar-refractivity contribution is 5.78. The molecular formula is C14H29N3O2. The zero-order valence-electron chi connectivity index (χ0n) is 12.7. The van der Waals surface area contributed by atoms with Gasteiger partial charge in [0.2, 0.25) is 5.91 Å². The first-order valence-electron chi connectivity index (χ1n) is 7.36. The van der Waals surface area contributed by atoms with Crippen LogP contribution < -0.4 is 5.32 Å². The molecule has 0 aromatic rings. The van der Waals surface area contributed by atoms with E-state index in [4.69, 9.17) is 4.74 Å². The molecule has 5 nitrogen and oxygen atoms in total. The summed E-state index contributed by atoms with van der Waals surface area (Å²) in [5, 5.41) is 3.41. The summed E-state index contributed by atoms with van der Waals surface area (Å²) in [7, 11) is 3.59. The lowest BCUT2D eigenvalue weighted by molar-refractivity contribution is -0.131. The number of hydrogen-bond donors (Lipinski definition) is 1. The molecule has 1 N–H and O–H groups in total. The number of nitrogens with one attached hydrogen (secondary N) is 1. The van der Waals surface area contributed by atoms with Crippen molar-refractivity contribution in [2.45, 2.75) is 32.2 Å². The third kappa shape index (κ3) is 5.89. The summed E-state index contributed by atoms with van der Waals surface area (Å²) >= 11 is 0. The summed E-state index contributed by atoms with van der Waals surface area (Å²) in [4.78, 5) is 16.1. The molecule has 1 rings (SSSR count). The molecule has 0 aromatic heterocycles. The van der Waals surface area contributed by atoms with Gasteiger partial charge in [0.15, 0.2) is 0 Å². The normalized spacial score (nSPS) is 20.5. The van der Waals surface area contributed by atoms with Crippen molar-refractivity contribution in [2.75, 3.05) is 53.5 Å². The van der Waals surface area contributed by atoms with E-state index in [0.29, 0.717) is 12.6 Å². The largest absolute Gasteiger partial charge is 0.383 e. The molecule has 1 unspecified atom stereocenters. The van der Waals surface area contributed by atoms with E-state index in [-0.39, 0.29) is 5.91 Å². The van der Waals surface area contributed by atoms with Crippen LogP contribution in [0.2, 0.25) is 0 Å². The topological polar surface area (TPSA) is 44.8 Å². The molecule has 5 heteroatoms. The summed E-state index contributed by atoms with van der Waals surface area (Å²) in [5.41, 5.74) is 0. The number of methoxy groups -OCH3 is 1. The minimum atomic E-state index is 0.228. The van der Waals surface area contributed by atoms with E-state index in [0.717, 1.165) is 32.8 Å². The van der Waals surface area contributed by atoms with Crippen molar-refractivity contribution in [3.05, 3.63) is 0 Å². The number of likely N-dealkylation sites (N-methyl/N-ethyl adjacent to an activating group) is 1. The van der Waals surface area contributed by atoms with E-state index in [1.165, 1.54) is 19.3 Å². The lowest BCUT2D eigenvalue weighted by Gasteiger charge is -2.36. The fourth-order valence-electron chi connectivity index (χ4n) is 2.41. The van der Waals surface area contributed by atoms with Crippen molar-refractivity contribution < 1.29 is 9.53 Å². The van der Waals surface area contributed by atoms with Crippen LogP contribution in [0.25, 0.3) is 0 Å². The molecule has 1 atom stereocenters. The number of amides is 1. The Balaban J connectivity index is 2.36. The van der Waals surface area contributed by atoms with Gasteiger partial charge in [0.25, 0.3) is 0 Å². The van der Waals surface area contributed by atoms with Crippen LogP contribution in [0.5, 0.6) is 0 Å². The summed E-state index contributed by atoms with van der Waals surface area (Å²) < 4.78 is 5.03. The summed E-state index contributed by atoms with van der Waals surface area (Å²) in [5.74, 6) is 0.228. The molecule has 112 valence electrons. The van der Waals surface area contributed by atoms with Crippen molar-refractivity contribution in [2.24, 2.45) is 0 Å². The summed E-state index contributed by atoms with van der Waals surface area (Å²) in [6.45, 7) is 6.96. The molecule has 1 amide bonds. The SMILES string of the molecule is CCN(C)C(=O)CN1CCCCC1CNCCOC. The molecule has 0 bridgehead atoms. The van der Waals surface area contributed by atoms with E-state index in [9.17, 15) is 4.79 Å². The van der Waals surface area contributed by atoms with Gasteiger partial charge in [0, 0.05) is 39.8 Å². The minimum absolute atomic E-state index is 0.228. The Labute approximate surface area is 117 Å². The van der Waals surface area contributed by atoms with Crippen LogP contribution in [0.4, 0.5) is 0 Å². The maximum Gasteiger partial charge on any atom is 0.236 e. The molecule has 1 aliphatic rings. The van der Waals surface area contributed by atoms with Gasteiger partial charge < -0.3 is 15.0 Å². The van der Waals surface area contributed by atoms with Gasteiger partial charge in [-0.25, -0.2) is 0 Å². The zero-order chi connectivity index (χ0) is 14.1. The maximum absolute atomic E-state index is 12.0. The lowest BCUT2D eigenvalue weighted by atomic mass is 10.0. The molecule has 19 heavy (non-hydrogen) atoms. The second-order valence-corrected chi connectivity index (χ2v) is 5.22. The van der Waals surface area contributed by atoms with Gasteiger partial charge in [-0.1, -0.05) is 6.42 Å². The lowest BCUT2D eigenvalue weighted by Crippen LogP contribution is -2.49. The zero-order valence-corrected chi connectivity index (χ0v) is 12.7. The predicted octanol–water partition coefficient (Wildman–Crippen LogP) is 0.555. The van der Waals surface area contributed by atoms with Crippen LogP contribution in [0, 0.1) is 0 Å². The Hall–Kier alpha value is -0.650. The van der Waals surface area contributed by atoms with Gasteiger partial charge >= 0.3 is 0 Å². The predicted molar refractivity (Wildman–Crippen MR) is 77.3 cm³/mol. The smallest absolute Gasteiger partial charge is 0.236 e.